The smallest absolute Gasteiger partial charge is 0.255 e. The summed E-state index contributed by atoms with van der Waals surface area (Å²) in [4.78, 5) is 58.4. The van der Waals surface area contributed by atoms with Gasteiger partial charge >= 0.3 is 0 Å². The van der Waals surface area contributed by atoms with Crippen LogP contribution in [0.4, 0.5) is 21.5 Å². The number of hydrogen-bond acceptors (Lipinski definition) is 9. The first kappa shape index (κ1) is 47.9. The molecule has 1 fully saturated rings. The largest absolute Gasteiger partial charge is 0.491 e. The van der Waals surface area contributed by atoms with Gasteiger partial charge in [0.2, 0.25) is 5.91 Å². The van der Waals surface area contributed by atoms with Crippen molar-refractivity contribution >= 4 is 51.6 Å². The van der Waals surface area contributed by atoms with E-state index in [1.54, 1.807) is 42.6 Å². The maximum absolute atomic E-state index is 14.6. The van der Waals surface area contributed by atoms with Crippen LogP contribution in [0, 0.1) is 29.5 Å². The number of hydrogen-bond donors (Lipinski definition) is 4. The molecule has 1 aliphatic carbocycles. The summed E-state index contributed by atoms with van der Waals surface area (Å²) in [6.07, 6.45) is 4.21. The number of ether oxygens (including phenoxy) is 4. The lowest BCUT2D eigenvalue weighted by molar-refractivity contribution is -0.120. The second-order valence-electron chi connectivity index (χ2n) is 17.6. The van der Waals surface area contributed by atoms with Crippen molar-refractivity contribution in [2.24, 2.45) is 23.7 Å². The number of para-hydroxylation sites is 1. The number of carbonyl (C=O) groups excluding carboxylic acids is 4. The zero-order chi connectivity index (χ0) is 46.5. The van der Waals surface area contributed by atoms with E-state index in [4.69, 9.17) is 18.9 Å². The number of halogens is 1. The van der Waals surface area contributed by atoms with Gasteiger partial charge in [0.05, 0.1) is 48.6 Å². The fraction of sp³-hybridized carbons (Fsp3) is 0.392. The Labute approximate surface area is 380 Å². The molecule has 4 amide bonds. The Morgan fingerprint density at radius 3 is 1.77 bits per heavy atom. The summed E-state index contributed by atoms with van der Waals surface area (Å²) < 4.78 is 37.9. The SMILES string of the molecule is CC(C)COCCOc1cc(C(=O)Nc2ccc(C(=O)Nc3ccc(C(=O)NC4CCC(C(=O)Nc5cnc6ccccc6c5)CC4)cc3OCC(C)C)cc2OCC(C)C)ccc1F. The second kappa shape index (κ2) is 22.9. The highest BCUT2D eigenvalue weighted by atomic mass is 19.1. The van der Waals surface area contributed by atoms with Crippen molar-refractivity contribution in [1.29, 1.82) is 0 Å². The van der Waals surface area contributed by atoms with Gasteiger partial charge < -0.3 is 40.2 Å². The summed E-state index contributed by atoms with van der Waals surface area (Å²) in [5, 5.41) is 12.8. The Hall–Kier alpha value is -6.54. The van der Waals surface area contributed by atoms with E-state index in [0.717, 1.165) is 10.9 Å². The molecule has 0 atom stereocenters. The molecule has 344 valence electrons. The minimum Gasteiger partial charge on any atom is -0.491 e. The quantitative estimate of drug-likeness (QED) is 0.0557. The molecular weight excluding hydrogens is 830 g/mol. The normalized spacial score (nSPS) is 14.9. The summed E-state index contributed by atoms with van der Waals surface area (Å²) >= 11 is 0. The number of aromatic nitrogens is 1. The molecule has 4 N–H and O–H groups in total. The zero-order valence-corrected chi connectivity index (χ0v) is 38.0. The molecular formula is C51H60FN5O8. The second-order valence-corrected chi connectivity index (χ2v) is 17.6. The molecule has 65 heavy (non-hydrogen) atoms. The van der Waals surface area contributed by atoms with Crippen LogP contribution in [0.3, 0.4) is 0 Å². The maximum atomic E-state index is 14.6. The Bertz CT molecular complexity index is 2450. The number of carbonyl (C=O) groups is 4. The van der Waals surface area contributed by atoms with E-state index in [9.17, 15) is 23.6 Å². The molecule has 13 nitrogen and oxygen atoms in total. The van der Waals surface area contributed by atoms with Crippen LogP contribution in [0.5, 0.6) is 17.2 Å². The maximum Gasteiger partial charge on any atom is 0.255 e. The standard InChI is InChI=1S/C51H60FN5O8/c1-31(2)28-62-21-22-63-45-24-36(13-18-41(45)52)50(60)56-44-20-15-38(26-47(44)65-30-33(5)6)51(61)57-43-19-14-37(25-46(43)64-29-32(3)4)49(59)54-39-16-11-34(12-17-39)48(58)55-40-23-35-9-7-8-10-42(35)53-27-40/h7-10,13-15,18-20,23-27,31-34,39H,11-12,16-17,21-22,28-30H2,1-6H3,(H,54,59)(H,55,58)(H,56,60)(H,57,61). The van der Waals surface area contributed by atoms with Gasteiger partial charge in [-0.05, 0) is 110 Å². The first-order valence-electron chi connectivity index (χ1n) is 22.3. The lowest BCUT2D eigenvalue weighted by Crippen LogP contribution is -2.39. The van der Waals surface area contributed by atoms with E-state index >= 15 is 0 Å². The van der Waals surface area contributed by atoms with Gasteiger partial charge in [-0.25, -0.2) is 4.39 Å². The molecule has 1 aromatic heterocycles. The van der Waals surface area contributed by atoms with Crippen molar-refractivity contribution < 1.29 is 42.5 Å². The lowest BCUT2D eigenvalue weighted by atomic mass is 9.85. The third-order valence-corrected chi connectivity index (χ3v) is 10.5. The van der Waals surface area contributed by atoms with Crippen molar-refractivity contribution in [3.63, 3.8) is 0 Å². The molecule has 5 aromatic rings. The summed E-state index contributed by atoms with van der Waals surface area (Å²) in [6, 6.07) is 23.0. The number of fused-ring (bicyclic) bond motifs is 1. The van der Waals surface area contributed by atoms with Gasteiger partial charge in [0.1, 0.15) is 18.1 Å². The van der Waals surface area contributed by atoms with Gasteiger partial charge in [-0.2, -0.15) is 0 Å². The Morgan fingerprint density at radius 2 is 1.17 bits per heavy atom. The lowest BCUT2D eigenvalue weighted by Gasteiger charge is -2.28. The highest BCUT2D eigenvalue weighted by Gasteiger charge is 2.28. The van der Waals surface area contributed by atoms with Gasteiger partial charge in [-0.15, -0.1) is 0 Å². The average molecular weight is 890 g/mol. The molecule has 0 saturated heterocycles. The predicted molar refractivity (Wildman–Crippen MR) is 251 cm³/mol. The molecule has 0 unspecified atom stereocenters. The molecule has 0 radical (unpaired) electrons. The Kier molecular flexibility index (Phi) is 16.9. The van der Waals surface area contributed by atoms with Crippen molar-refractivity contribution in [1.82, 2.24) is 10.3 Å². The van der Waals surface area contributed by atoms with Crippen LogP contribution >= 0.6 is 0 Å². The molecule has 0 aliphatic heterocycles. The topological polar surface area (TPSA) is 166 Å². The third kappa shape index (κ3) is 14.0. The molecule has 1 saturated carbocycles. The van der Waals surface area contributed by atoms with Crippen LogP contribution < -0.4 is 35.5 Å². The van der Waals surface area contributed by atoms with Crippen LogP contribution in [-0.4, -0.2) is 67.7 Å². The predicted octanol–water partition coefficient (Wildman–Crippen LogP) is 9.93. The van der Waals surface area contributed by atoms with E-state index in [1.807, 2.05) is 71.9 Å². The summed E-state index contributed by atoms with van der Waals surface area (Å²) in [7, 11) is 0. The number of amides is 4. The fourth-order valence-corrected chi connectivity index (χ4v) is 7.11. The molecule has 0 spiro atoms. The molecule has 6 rings (SSSR count). The van der Waals surface area contributed by atoms with E-state index in [1.165, 1.54) is 18.2 Å². The van der Waals surface area contributed by atoms with Crippen LogP contribution in [0.25, 0.3) is 10.9 Å². The minimum atomic E-state index is -0.606. The van der Waals surface area contributed by atoms with Gasteiger partial charge in [0.15, 0.2) is 11.6 Å². The average Bonchev–Trinajstić information content (AvgIpc) is 3.28. The number of pyridine rings is 1. The molecule has 4 aromatic carbocycles. The van der Waals surface area contributed by atoms with E-state index in [-0.39, 0.29) is 71.4 Å². The molecule has 14 heteroatoms. The molecule has 0 bridgehead atoms. The summed E-state index contributed by atoms with van der Waals surface area (Å²) in [6.45, 7) is 13.6. The first-order chi connectivity index (χ1) is 31.2. The van der Waals surface area contributed by atoms with Crippen molar-refractivity contribution in [2.75, 3.05) is 49.0 Å². The fourth-order valence-electron chi connectivity index (χ4n) is 7.11. The Morgan fingerprint density at radius 1 is 0.615 bits per heavy atom. The van der Waals surface area contributed by atoms with Gasteiger partial charge in [0.25, 0.3) is 17.7 Å². The van der Waals surface area contributed by atoms with E-state index in [0.29, 0.717) is 79.8 Å². The number of anilines is 3. The number of rotatable bonds is 20. The van der Waals surface area contributed by atoms with Gasteiger partial charge in [-0.3, -0.25) is 24.2 Å². The molecule has 1 heterocycles. The number of benzene rings is 4. The van der Waals surface area contributed by atoms with Gasteiger partial charge in [-0.1, -0.05) is 59.7 Å². The van der Waals surface area contributed by atoms with Crippen LogP contribution in [-0.2, 0) is 9.53 Å². The van der Waals surface area contributed by atoms with Crippen molar-refractivity contribution in [3.05, 3.63) is 114 Å². The summed E-state index contributed by atoms with van der Waals surface area (Å²) in [5.74, 6) is -0.958. The molecule has 1 aliphatic rings. The van der Waals surface area contributed by atoms with Crippen LogP contribution in [0.15, 0.2) is 91.1 Å². The van der Waals surface area contributed by atoms with Crippen molar-refractivity contribution in [2.45, 2.75) is 73.3 Å². The zero-order valence-electron chi connectivity index (χ0n) is 38.0. The van der Waals surface area contributed by atoms with Crippen LogP contribution in [0.2, 0.25) is 0 Å². The van der Waals surface area contributed by atoms with Gasteiger partial charge in [0, 0.05) is 40.6 Å². The number of nitrogens with one attached hydrogen (secondary N) is 4. The minimum absolute atomic E-state index is 0.0557. The number of nitrogens with zero attached hydrogens (tertiary/aromatic N) is 1. The third-order valence-electron chi connectivity index (χ3n) is 10.5. The Balaban J connectivity index is 1.08. The highest BCUT2D eigenvalue weighted by molar-refractivity contribution is 6.08. The first-order valence-corrected chi connectivity index (χ1v) is 22.3. The van der Waals surface area contributed by atoms with E-state index in [2.05, 4.69) is 26.3 Å². The van der Waals surface area contributed by atoms with Crippen molar-refractivity contribution in [3.8, 4) is 17.2 Å². The monoisotopic (exact) mass is 889 g/mol. The van der Waals surface area contributed by atoms with E-state index < -0.39 is 17.6 Å². The summed E-state index contributed by atoms with van der Waals surface area (Å²) in [5.41, 5.74) is 2.97. The highest BCUT2D eigenvalue weighted by Crippen LogP contribution is 2.32. The van der Waals surface area contributed by atoms with Crippen LogP contribution in [0.1, 0.15) is 98.3 Å².